The summed E-state index contributed by atoms with van der Waals surface area (Å²) in [5.41, 5.74) is 3.51. The lowest BCUT2D eigenvalue weighted by atomic mass is 9.83. The summed E-state index contributed by atoms with van der Waals surface area (Å²) >= 11 is 0. The zero-order valence-corrected chi connectivity index (χ0v) is 12.8. The van der Waals surface area contributed by atoms with Crippen LogP contribution in [-0.2, 0) is 14.4 Å². The minimum atomic E-state index is -2.19. The minimum absolute atomic E-state index is 0.134. The number of carboxylic acids is 2. The Hall–Kier alpha value is -1.51. The Morgan fingerprint density at radius 2 is 1.76 bits per heavy atom. The van der Waals surface area contributed by atoms with Gasteiger partial charge in [-0.25, -0.2) is 0 Å². The second-order valence-corrected chi connectivity index (χ2v) is 6.49. The Bertz CT molecular complexity index is 417. The Labute approximate surface area is 123 Å². The molecule has 2 unspecified atom stereocenters. The largest absolute Gasteiger partial charge is 0.550 e. The maximum Gasteiger partial charge on any atom is 0.303 e. The van der Waals surface area contributed by atoms with E-state index in [1.54, 1.807) is 21.1 Å². The molecule has 0 aliphatic carbocycles. The van der Waals surface area contributed by atoms with Gasteiger partial charge < -0.3 is 30.3 Å². The van der Waals surface area contributed by atoms with Crippen molar-refractivity contribution in [1.82, 2.24) is 0 Å². The molecule has 0 aromatic heterocycles. The predicted octanol–water partition coefficient (Wildman–Crippen LogP) is -2.43. The van der Waals surface area contributed by atoms with Crippen molar-refractivity contribution in [1.29, 1.82) is 0 Å². The third-order valence-electron chi connectivity index (χ3n) is 3.04. The van der Waals surface area contributed by atoms with Gasteiger partial charge in [0, 0.05) is 18.8 Å². The molecular formula is C13H24N2O6. The van der Waals surface area contributed by atoms with E-state index in [-0.39, 0.29) is 17.4 Å². The topological polar surface area (TPSA) is 141 Å². The first-order chi connectivity index (χ1) is 9.28. The van der Waals surface area contributed by atoms with Gasteiger partial charge in [0.25, 0.3) is 0 Å². The molecule has 8 nitrogen and oxygen atoms in total. The van der Waals surface area contributed by atoms with E-state index in [2.05, 4.69) is 0 Å². The number of hydrogen-bond acceptors (Lipinski definition) is 6. The Morgan fingerprint density at radius 3 is 2.10 bits per heavy atom. The van der Waals surface area contributed by atoms with Crippen molar-refractivity contribution in [2.45, 2.75) is 31.4 Å². The van der Waals surface area contributed by atoms with Crippen LogP contribution in [0.15, 0.2) is 0 Å². The van der Waals surface area contributed by atoms with E-state index < -0.39 is 41.7 Å². The first kappa shape index (κ1) is 19.5. The van der Waals surface area contributed by atoms with Crippen molar-refractivity contribution in [3.05, 3.63) is 0 Å². The molecule has 0 aliphatic heterocycles. The number of hydrogen-bond donors (Lipinski definition) is 3. The highest BCUT2D eigenvalue weighted by Crippen LogP contribution is 2.20. The number of likely N-dealkylation sites (N-methyl/N-ethyl adjacent to an activating group) is 1. The standard InChI is InChI=1S/C13H24N2O6/c1-8(5-9(16)17)11(14)12(20)13(21,6-10(18)19)7-15(2,3)4/h8,11,21H,5-7,14H2,1-4H3,(H-,16,17,18,19)/t8?,11-,13?/m0/s1. The maximum atomic E-state index is 12.3. The predicted molar refractivity (Wildman–Crippen MR) is 71.9 cm³/mol. The number of ketones is 1. The molecule has 0 radical (unpaired) electrons. The van der Waals surface area contributed by atoms with Gasteiger partial charge in [0.1, 0.15) is 6.54 Å². The number of rotatable bonds is 9. The van der Waals surface area contributed by atoms with E-state index in [9.17, 15) is 24.6 Å². The van der Waals surface area contributed by atoms with Crippen LogP contribution in [0.4, 0.5) is 0 Å². The smallest absolute Gasteiger partial charge is 0.303 e. The summed E-state index contributed by atoms with van der Waals surface area (Å²) in [6, 6.07) is -1.27. The summed E-state index contributed by atoms with van der Waals surface area (Å²) in [7, 11) is 5.04. The van der Waals surface area contributed by atoms with E-state index in [1.807, 2.05) is 0 Å². The Kier molecular flexibility index (Phi) is 6.47. The number of carboxylic acid groups (broad SMARTS) is 2. The summed E-state index contributed by atoms with van der Waals surface area (Å²) in [5.74, 6) is -4.30. The zero-order valence-electron chi connectivity index (χ0n) is 12.8. The number of aliphatic hydroxyl groups is 1. The van der Waals surface area contributed by atoms with E-state index in [0.29, 0.717) is 0 Å². The van der Waals surface area contributed by atoms with Crippen molar-refractivity contribution in [2.24, 2.45) is 11.7 Å². The van der Waals surface area contributed by atoms with Crippen LogP contribution in [0.3, 0.4) is 0 Å². The van der Waals surface area contributed by atoms with Crippen LogP contribution in [0.25, 0.3) is 0 Å². The van der Waals surface area contributed by atoms with Crippen molar-refractivity contribution < 1.29 is 34.2 Å². The summed E-state index contributed by atoms with van der Waals surface area (Å²) in [6.07, 6.45) is -1.23. The van der Waals surface area contributed by atoms with E-state index in [1.165, 1.54) is 6.92 Å². The average molecular weight is 304 g/mol. The molecule has 0 rings (SSSR count). The SMILES string of the molecule is CC(CC(=O)O)[C@H](N)C(=O)C(O)(CC(=O)[O-])C[N+](C)(C)C. The van der Waals surface area contributed by atoms with Crippen LogP contribution in [0.5, 0.6) is 0 Å². The maximum absolute atomic E-state index is 12.3. The number of Topliss-reactive ketones (excluding diaryl/α,β-unsaturated/α-hetero) is 1. The summed E-state index contributed by atoms with van der Waals surface area (Å²) in [4.78, 5) is 33.8. The number of aliphatic carboxylic acids is 2. The molecule has 21 heavy (non-hydrogen) atoms. The van der Waals surface area contributed by atoms with Crippen LogP contribution < -0.4 is 10.8 Å². The molecule has 8 heteroatoms. The summed E-state index contributed by atoms with van der Waals surface area (Å²) in [5, 5.41) is 29.9. The fourth-order valence-electron chi connectivity index (χ4n) is 2.22. The van der Waals surface area contributed by atoms with Crippen LogP contribution in [0, 0.1) is 5.92 Å². The molecule has 0 fully saturated rings. The van der Waals surface area contributed by atoms with E-state index in [0.717, 1.165) is 0 Å². The summed E-state index contributed by atoms with van der Waals surface area (Å²) in [6.45, 7) is 1.29. The van der Waals surface area contributed by atoms with Crippen LogP contribution in [0.2, 0.25) is 0 Å². The summed E-state index contributed by atoms with van der Waals surface area (Å²) < 4.78 is 0.134. The molecule has 0 aromatic rings. The van der Waals surface area contributed by atoms with Gasteiger partial charge in [0.2, 0.25) is 0 Å². The van der Waals surface area contributed by atoms with Gasteiger partial charge in [-0.05, 0) is 5.92 Å². The van der Waals surface area contributed by atoms with E-state index >= 15 is 0 Å². The van der Waals surface area contributed by atoms with Crippen molar-refractivity contribution in [2.75, 3.05) is 27.7 Å². The molecule has 0 spiro atoms. The number of quaternary nitrogens is 1. The molecule has 0 amide bonds. The zero-order chi connectivity index (χ0) is 17.0. The number of nitrogens with two attached hydrogens (primary N) is 1. The number of carbonyl (C=O) groups excluding carboxylic acids is 2. The van der Waals surface area contributed by atoms with Gasteiger partial charge in [0.15, 0.2) is 11.4 Å². The van der Waals surface area contributed by atoms with Gasteiger partial charge >= 0.3 is 5.97 Å². The third-order valence-corrected chi connectivity index (χ3v) is 3.04. The molecular weight excluding hydrogens is 280 g/mol. The minimum Gasteiger partial charge on any atom is -0.550 e. The Balaban J connectivity index is 5.28. The highest BCUT2D eigenvalue weighted by atomic mass is 16.4. The fraction of sp³-hybridized carbons (Fsp3) is 0.769. The van der Waals surface area contributed by atoms with Crippen molar-refractivity contribution >= 4 is 17.7 Å². The molecule has 0 saturated carbocycles. The molecule has 3 atom stereocenters. The lowest BCUT2D eigenvalue weighted by Crippen LogP contribution is -2.61. The van der Waals surface area contributed by atoms with Crippen LogP contribution in [-0.4, -0.2) is 71.7 Å². The molecule has 122 valence electrons. The normalized spacial score (nSPS) is 17.6. The second-order valence-electron chi connectivity index (χ2n) is 6.49. The number of nitrogens with zero attached hydrogens (tertiary/aromatic N) is 1. The lowest BCUT2D eigenvalue weighted by molar-refractivity contribution is -0.875. The van der Waals surface area contributed by atoms with Crippen LogP contribution in [0.1, 0.15) is 19.8 Å². The highest BCUT2D eigenvalue weighted by molar-refractivity contribution is 5.95. The highest BCUT2D eigenvalue weighted by Gasteiger charge is 2.44. The van der Waals surface area contributed by atoms with Gasteiger partial charge in [-0.1, -0.05) is 6.92 Å². The molecule has 0 saturated heterocycles. The molecule has 0 aliphatic rings. The molecule has 0 bridgehead atoms. The first-order valence-electron chi connectivity index (χ1n) is 6.53. The van der Waals surface area contributed by atoms with E-state index in [4.69, 9.17) is 10.8 Å². The van der Waals surface area contributed by atoms with Crippen molar-refractivity contribution in [3.63, 3.8) is 0 Å². The average Bonchev–Trinajstić information content (AvgIpc) is 2.21. The monoisotopic (exact) mass is 304 g/mol. The van der Waals surface area contributed by atoms with Gasteiger partial charge in [0.05, 0.1) is 27.2 Å². The quantitative estimate of drug-likeness (QED) is 0.402. The van der Waals surface area contributed by atoms with Gasteiger partial charge in [-0.3, -0.25) is 9.59 Å². The molecule has 4 N–H and O–H groups in total. The molecule has 0 aromatic carbocycles. The van der Waals surface area contributed by atoms with Gasteiger partial charge in [-0.15, -0.1) is 0 Å². The Morgan fingerprint density at radius 1 is 1.29 bits per heavy atom. The second kappa shape index (κ2) is 6.97. The fourth-order valence-corrected chi connectivity index (χ4v) is 2.22. The van der Waals surface area contributed by atoms with Crippen molar-refractivity contribution in [3.8, 4) is 0 Å². The lowest BCUT2D eigenvalue weighted by Gasteiger charge is -2.36. The van der Waals surface area contributed by atoms with Gasteiger partial charge in [-0.2, -0.15) is 0 Å². The number of carbonyl (C=O) groups is 3. The third kappa shape index (κ3) is 6.65. The first-order valence-corrected chi connectivity index (χ1v) is 6.53. The van der Waals surface area contributed by atoms with Crippen LogP contribution >= 0.6 is 0 Å². The molecule has 0 heterocycles.